The average Bonchev–Trinajstić information content (AvgIpc) is 2.31. The van der Waals surface area contributed by atoms with Crippen molar-refractivity contribution in [3.05, 3.63) is 0 Å². The number of β-amino-alcohol motifs (C(OH)–C–C–N with tert-alkyl or cyclic N) is 1. The van der Waals surface area contributed by atoms with Gasteiger partial charge in [0.2, 0.25) is 0 Å². The number of nitrogens with one attached hydrogen (secondary N) is 1. The van der Waals surface area contributed by atoms with Crippen molar-refractivity contribution in [2.75, 3.05) is 13.1 Å². The molecule has 0 amide bonds. The van der Waals surface area contributed by atoms with Gasteiger partial charge in [0, 0.05) is 19.5 Å². The summed E-state index contributed by atoms with van der Waals surface area (Å²) < 4.78 is 0. The lowest BCUT2D eigenvalue weighted by Crippen LogP contribution is -2.18. The highest BCUT2D eigenvalue weighted by atomic mass is 16.4. The van der Waals surface area contributed by atoms with Crippen LogP contribution in [0.4, 0.5) is 0 Å². The molecule has 1 rings (SSSR count). The van der Waals surface area contributed by atoms with Gasteiger partial charge in [-0.15, -0.1) is 0 Å². The van der Waals surface area contributed by atoms with E-state index in [-0.39, 0.29) is 18.4 Å². The topological polar surface area (TPSA) is 69.6 Å². The fourth-order valence-corrected chi connectivity index (χ4v) is 1.32. The number of aliphatic hydroxyl groups is 1. The molecule has 1 heterocycles. The molecule has 0 spiro atoms. The highest BCUT2D eigenvalue weighted by Gasteiger charge is 2.24. The molecule has 0 bridgehead atoms. The van der Waals surface area contributed by atoms with Crippen molar-refractivity contribution in [3.63, 3.8) is 0 Å². The summed E-state index contributed by atoms with van der Waals surface area (Å²) in [4.78, 5) is 10.2. The van der Waals surface area contributed by atoms with Crippen LogP contribution in [0.3, 0.4) is 0 Å². The number of carboxylic acids is 1. The number of rotatable bonds is 3. The molecule has 2 unspecified atom stereocenters. The molecule has 1 aliphatic heterocycles. The molecule has 1 aliphatic rings. The van der Waals surface area contributed by atoms with Crippen molar-refractivity contribution in [2.24, 2.45) is 5.92 Å². The Morgan fingerprint density at radius 3 is 2.73 bits per heavy atom. The zero-order chi connectivity index (χ0) is 8.27. The van der Waals surface area contributed by atoms with Crippen LogP contribution >= 0.6 is 0 Å². The summed E-state index contributed by atoms with van der Waals surface area (Å²) in [6, 6.07) is 0. The first-order valence-electron chi connectivity index (χ1n) is 3.80. The van der Waals surface area contributed by atoms with Gasteiger partial charge in [0.25, 0.3) is 0 Å². The molecule has 64 valence electrons. The summed E-state index contributed by atoms with van der Waals surface area (Å²) in [5, 5.41) is 20.6. The van der Waals surface area contributed by atoms with Gasteiger partial charge < -0.3 is 15.5 Å². The van der Waals surface area contributed by atoms with Gasteiger partial charge in [-0.3, -0.25) is 4.79 Å². The van der Waals surface area contributed by atoms with Crippen LogP contribution in [0.25, 0.3) is 0 Å². The van der Waals surface area contributed by atoms with E-state index in [0.717, 1.165) is 6.54 Å². The fraction of sp³-hybridized carbons (Fsp3) is 0.857. The molecule has 2 atom stereocenters. The molecule has 0 saturated carbocycles. The number of aliphatic hydroxyl groups excluding tert-OH is 1. The largest absolute Gasteiger partial charge is 0.481 e. The second-order valence-electron chi connectivity index (χ2n) is 2.92. The summed E-state index contributed by atoms with van der Waals surface area (Å²) in [6.07, 6.45) is 0.377. The van der Waals surface area contributed by atoms with Crippen molar-refractivity contribution in [3.8, 4) is 0 Å². The van der Waals surface area contributed by atoms with Crippen LogP contribution in [0, 0.1) is 5.92 Å². The molecule has 0 aromatic heterocycles. The predicted molar refractivity (Wildman–Crippen MR) is 39.2 cm³/mol. The van der Waals surface area contributed by atoms with Gasteiger partial charge in [-0.25, -0.2) is 0 Å². The molecular formula is C7H13NO3. The van der Waals surface area contributed by atoms with Gasteiger partial charge in [0.1, 0.15) is 0 Å². The number of carbonyl (C=O) groups is 1. The molecule has 0 aliphatic carbocycles. The maximum Gasteiger partial charge on any atom is 0.303 e. The van der Waals surface area contributed by atoms with E-state index in [9.17, 15) is 9.90 Å². The van der Waals surface area contributed by atoms with Crippen LogP contribution in [-0.2, 0) is 4.79 Å². The summed E-state index contributed by atoms with van der Waals surface area (Å²) in [6.45, 7) is 1.35. The second kappa shape index (κ2) is 3.69. The quantitative estimate of drug-likeness (QED) is 0.516. The third-order valence-electron chi connectivity index (χ3n) is 2.03. The van der Waals surface area contributed by atoms with Gasteiger partial charge in [0.05, 0.1) is 6.10 Å². The summed E-state index contributed by atoms with van der Waals surface area (Å²) >= 11 is 0. The molecule has 3 N–H and O–H groups in total. The molecule has 4 heteroatoms. The number of hydrogen-bond donors (Lipinski definition) is 3. The maximum absolute atomic E-state index is 10.2. The van der Waals surface area contributed by atoms with Gasteiger partial charge in [-0.1, -0.05) is 0 Å². The molecule has 0 radical (unpaired) electrons. The Bertz CT molecular complexity index is 149. The van der Waals surface area contributed by atoms with Gasteiger partial charge >= 0.3 is 5.97 Å². The lowest BCUT2D eigenvalue weighted by Gasteiger charge is -2.10. The van der Waals surface area contributed by atoms with E-state index in [1.54, 1.807) is 0 Å². The van der Waals surface area contributed by atoms with Gasteiger partial charge in [-0.2, -0.15) is 0 Å². The smallest absolute Gasteiger partial charge is 0.303 e. The van der Waals surface area contributed by atoms with E-state index in [0.29, 0.717) is 13.0 Å². The van der Waals surface area contributed by atoms with Crippen molar-refractivity contribution in [2.45, 2.75) is 18.9 Å². The fourth-order valence-electron chi connectivity index (χ4n) is 1.32. The Hall–Kier alpha value is -0.610. The first-order valence-corrected chi connectivity index (χ1v) is 3.80. The Morgan fingerprint density at radius 1 is 1.55 bits per heavy atom. The summed E-state index contributed by atoms with van der Waals surface area (Å²) in [7, 11) is 0. The second-order valence-corrected chi connectivity index (χ2v) is 2.92. The monoisotopic (exact) mass is 159 g/mol. The highest BCUT2D eigenvalue weighted by Crippen LogP contribution is 2.14. The van der Waals surface area contributed by atoms with E-state index in [1.807, 2.05) is 0 Å². The Labute approximate surface area is 65.2 Å². The molecule has 4 nitrogen and oxygen atoms in total. The van der Waals surface area contributed by atoms with Crippen molar-refractivity contribution >= 4 is 5.97 Å². The van der Waals surface area contributed by atoms with Crippen LogP contribution in [0.15, 0.2) is 0 Å². The Balaban J connectivity index is 2.20. The molecule has 1 fully saturated rings. The minimum absolute atomic E-state index is 0.131. The normalized spacial score (nSPS) is 30.6. The Morgan fingerprint density at radius 2 is 2.27 bits per heavy atom. The molecule has 0 aromatic rings. The van der Waals surface area contributed by atoms with Crippen molar-refractivity contribution in [1.29, 1.82) is 0 Å². The molecular weight excluding hydrogens is 146 g/mol. The summed E-state index contributed by atoms with van der Waals surface area (Å²) in [5.74, 6) is -0.657. The molecule has 11 heavy (non-hydrogen) atoms. The van der Waals surface area contributed by atoms with Crippen LogP contribution in [0.1, 0.15) is 12.8 Å². The van der Waals surface area contributed by atoms with Crippen LogP contribution in [0.2, 0.25) is 0 Å². The van der Waals surface area contributed by atoms with E-state index in [1.165, 1.54) is 0 Å². The van der Waals surface area contributed by atoms with Crippen molar-refractivity contribution < 1.29 is 15.0 Å². The average molecular weight is 159 g/mol. The maximum atomic E-state index is 10.2. The highest BCUT2D eigenvalue weighted by molar-refractivity contribution is 5.66. The number of hydrogen-bond acceptors (Lipinski definition) is 3. The van der Waals surface area contributed by atoms with E-state index >= 15 is 0 Å². The standard InChI is InChI=1S/C7H13NO3/c9-6-4-8-3-5(6)1-2-7(10)11/h5-6,8-9H,1-4H2,(H,10,11). The lowest BCUT2D eigenvalue weighted by molar-refractivity contribution is -0.137. The first-order chi connectivity index (χ1) is 5.20. The van der Waals surface area contributed by atoms with E-state index in [4.69, 9.17) is 5.11 Å². The molecule has 1 saturated heterocycles. The van der Waals surface area contributed by atoms with Crippen LogP contribution in [0.5, 0.6) is 0 Å². The minimum atomic E-state index is -0.788. The zero-order valence-corrected chi connectivity index (χ0v) is 6.29. The number of carboxylic acid groups (broad SMARTS) is 1. The lowest BCUT2D eigenvalue weighted by atomic mass is 10.0. The van der Waals surface area contributed by atoms with Crippen molar-refractivity contribution in [1.82, 2.24) is 5.32 Å². The Kier molecular flexibility index (Phi) is 2.84. The minimum Gasteiger partial charge on any atom is -0.481 e. The predicted octanol–water partition coefficient (Wildman–Crippen LogP) is -0.569. The SMILES string of the molecule is O=C(O)CCC1CNCC1O. The number of aliphatic carboxylic acids is 1. The van der Waals surface area contributed by atoms with Crippen LogP contribution < -0.4 is 5.32 Å². The van der Waals surface area contributed by atoms with Gasteiger partial charge in [0.15, 0.2) is 0 Å². The van der Waals surface area contributed by atoms with E-state index in [2.05, 4.69) is 5.32 Å². The zero-order valence-electron chi connectivity index (χ0n) is 6.29. The molecule has 0 aromatic carbocycles. The third kappa shape index (κ3) is 2.48. The van der Waals surface area contributed by atoms with E-state index < -0.39 is 5.97 Å². The van der Waals surface area contributed by atoms with Gasteiger partial charge in [-0.05, 0) is 12.3 Å². The summed E-state index contributed by atoms with van der Waals surface area (Å²) in [5.41, 5.74) is 0. The first kappa shape index (κ1) is 8.49. The third-order valence-corrected chi connectivity index (χ3v) is 2.03. The van der Waals surface area contributed by atoms with Crippen LogP contribution in [-0.4, -0.2) is 35.4 Å².